The lowest BCUT2D eigenvalue weighted by Gasteiger charge is -2.22. The Balaban J connectivity index is 1.42. The van der Waals surface area contributed by atoms with Crippen molar-refractivity contribution in [1.29, 1.82) is 0 Å². The van der Waals surface area contributed by atoms with E-state index in [1.165, 1.54) is 6.07 Å². The number of nitrogens with zero attached hydrogens (tertiary/aromatic N) is 2. The fourth-order valence-electron chi connectivity index (χ4n) is 3.93. The molecule has 150 valence electrons. The molecule has 1 saturated heterocycles. The third kappa shape index (κ3) is 3.41. The number of amides is 2. The van der Waals surface area contributed by atoms with E-state index in [9.17, 15) is 9.18 Å². The maximum atomic E-state index is 14.2. The molecule has 1 aromatic heterocycles. The number of fused-ring (bicyclic) bond motifs is 1. The van der Waals surface area contributed by atoms with Gasteiger partial charge in [0.2, 0.25) is 5.89 Å². The fraction of sp³-hybridized carbons (Fsp3) is 0.167. The summed E-state index contributed by atoms with van der Waals surface area (Å²) in [4.78, 5) is 19.2. The van der Waals surface area contributed by atoms with E-state index in [4.69, 9.17) is 4.42 Å². The molecule has 6 heteroatoms. The van der Waals surface area contributed by atoms with Crippen LogP contribution in [0, 0.1) is 5.82 Å². The number of para-hydroxylation sites is 1. The molecule has 0 bridgehead atoms. The third-order valence-electron chi connectivity index (χ3n) is 5.41. The number of aromatic nitrogens is 1. The highest BCUT2D eigenvalue weighted by Gasteiger charge is 2.33. The van der Waals surface area contributed by atoms with E-state index in [-0.39, 0.29) is 17.9 Å². The molecule has 1 atom stereocenters. The average molecular weight is 401 g/mol. The van der Waals surface area contributed by atoms with Crippen molar-refractivity contribution in [3.63, 3.8) is 0 Å². The van der Waals surface area contributed by atoms with Crippen LogP contribution >= 0.6 is 0 Å². The van der Waals surface area contributed by atoms with Gasteiger partial charge >= 0.3 is 6.03 Å². The van der Waals surface area contributed by atoms with Gasteiger partial charge < -0.3 is 14.6 Å². The number of benzene rings is 3. The summed E-state index contributed by atoms with van der Waals surface area (Å²) in [5.41, 5.74) is 3.29. The molecule has 3 aromatic carbocycles. The van der Waals surface area contributed by atoms with Gasteiger partial charge in [-0.15, -0.1) is 0 Å². The molecule has 1 aliphatic rings. The quantitative estimate of drug-likeness (QED) is 0.458. The minimum Gasteiger partial charge on any atom is -0.438 e. The number of nitrogens with one attached hydrogen (secondary N) is 1. The van der Waals surface area contributed by atoms with Gasteiger partial charge in [-0.05, 0) is 48.7 Å². The first-order chi connectivity index (χ1) is 14.7. The lowest BCUT2D eigenvalue weighted by molar-refractivity contribution is 0.199. The van der Waals surface area contributed by atoms with Crippen molar-refractivity contribution in [1.82, 2.24) is 9.88 Å². The van der Waals surface area contributed by atoms with Gasteiger partial charge in [-0.3, -0.25) is 0 Å². The van der Waals surface area contributed by atoms with Crippen LogP contribution in [0.2, 0.25) is 0 Å². The summed E-state index contributed by atoms with van der Waals surface area (Å²) in [5.74, 6) is 0.233. The molecule has 1 fully saturated rings. The Morgan fingerprint density at radius 2 is 1.87 bits per heavy atom. The Kier molecular flexibility index (Phi) is 4.67. The van der Waals surface area contributed by atoms with E-state index >= 15 is 0 Å². The zero-order valence-electron chi connectivity index (χ0n) is 16.2. The molecule has 2 amide bonds. The molecule has 30 heavy (non-hydrogen) atoms. The van der Waals surface area contributed by atoms with Crippen LogP contribution in [-0.2, 0) is 0 Å². The average Bonchev–Trinajstić information content (AvgIpc) is 3.41. The highest BCUT2D eigenvalue weighted by atomic mass is 19.1. The lowest BCUT2D eigenvalue weighted by Crippen LogP contribution is -2.34. The molecule has 0 radical (unpaired) electrons. The van der Waals surface area contributed by atoms with Gasteiger partial charge in [-0.25, -0.2) is 14.2 Å². The van der Waals surface area contributed by atoms with Crippen LogP contribution in [0.5, 0.6) is 0 Å². The summed E-state index contributed by atoms with van der Waals surface area (Å²) in [5, 5.41) is 2.93. The van der Waals surface area contributed by atoms with Crippen molar-refractivity contribution in [3.05, 3.63) is 84.5 Å². The van der Waals surface area contributed by atoms with Gasteiger partial charge in [-0.1, -0.05) is 42.5 Å². The molecule has 5 rings (SSSR count). The molecule has 1 aliphatic heterocycles. The van der Waals surface area contributed by atoms with Gasteiger partial charge in [0.05, 0.1) is 0 Å². The molecule has 4 aromatic rings. The molecule has 0 unspecified atom stereocenters. The maximum absolute atomic E-state index is 14.2. The number of rotatable bonds is 3. The second-order valence-electron chi connectivity index (χ2n) is 7.36. The van der Waals surface area contributed by atoms with E-state index in [1.54, 1.807) is 29.2 Å². The van der Waals surface area contributed by atoms with Crippen molar-refractivity contribution < 1.29 is 13.6 Å². The van der Waals surface area contributed by atoms with Gasteiger partial charge in [0.1, 0.15) is 17.4 Å². The van der Waals surface area contributed by atoms with Crippen molar-refractivity contribution in [3.8, 4) is 11.1 Å². The van der Waals surface area contributed by atoms with Crippen LogP contribution < -0.4 is 5.32 Å². The molecule has 0 aliphatic carbocycles. The first-order valence-corrected chi connectivity index (χ1v) is 9.97. The summed E-state index contributed by atoms with van der Waals surface area (Å²) in [6.07, 6.45) is 1.67. The molecule has 0 spiro atoms. The van der Waals surface area contributed by atoms with E-state index in [1.807, 2.05) is 42.5 Å². The fourth-order valence-corrected chi connectivity index (χ4v) is 3.93. The molecule has 5 nitrogen and oxygen atoms in total. The first-order valence-electron chi connectivity index (χ1n) is 9.97. The number of carbonyl (C=O) groups excluding carboxylic acids is 1. The lowest BCUT2D eigenvalue weighted by atomic mass is 10.0. The number of carbonyl (C=O) groups is 1. The maximum Gasteiger partial charge on any atom is 0.322 e. The smallest absolute Gasteiger partial charge is 0.322 e. The Hall–Kier alpha value is -3.67. The molecule has 1 N–H and O–H groups in total. The van der Waals surface area contributed by atoms with Gasteiger partial charge in [0, 0.05) is 17.8 Å². The minimum atomic E-state index is -0.278. The third-order valence-corrected chi connectivity index (χ3v) is 5.41. The van der Waals surface area contributed by atoms with Crippen LogP contribution in [0.4, 0.5) is 14.9 Å². The number of hydrogen-bond acceptors (Lipinski definition) is 3. The number of likely N-dealkylation sites (tertiary alicyclic amines) is 1. The Bertz CT molecular complexity index is 1210. The number of anilines is 1. The van der Waals surface area contributed by atoms with E-state index in [2.05, 4.69) is 10.3 Å². The highest BCUT2D eigenvalue weighted by molar-refractivity contribution is 5.89. The zero-order chi connectivity index (χ0) is 20.5. The van der Waals surface area contributed by atoms with Crippen molar-refractivity contribution >= 4 is 22.8 Å². The van der Waals surface area contributed by atoms with Crippen LogP contribution in [0.3, 0.4) is 0 Å². The molecule has 0 saturated carbocycles. The number of hydrogen-bond donors (Lipinski definition) is 1. The topological polar surface area (TPSA) is 58.4 Å². The summed E-state index contributed by atoms with van der Waals surface area (Å²) in [7, 11) is 0. The predicted molar refractivity (Wildman–Crippen MR) is 114 cm³/mol. The number of urea groups is 1. The van der Waals surface area contributed by atoms with Crippen LogP contribution in [0.25, 0.3) is 22.2 Å². The van der Waals surface area contributed by atoms with Gasteiger partial charge in [0.25, 0.3) is 0 Å². The van der Waals surface area contributed by atoms with E-state index in [0.29, 0.717) is 29.1 Å². The number of halogens is 1. The van der Waals surface area contributed by atoms with Gasteiger partial charge in [0.15, 0.2) is 5.58 Å². The van der Waals surface area contributed by atoms with Gasteiger partial charge in [-0.2, -0.15) is 0 Å². The second-order valence-corrected chi connectivity index (χ2v) is 7.36. The predicted octanol–water partition coefficient (Wildman–Crippen LogP) is 6.00. The molecule has 2 heterocycles. The van der Waals surface area contributed by atoms with Crippen molar-refractivity contribution in [2.45, 2.75) is 18.9 Å². The van der Waals surface area contributed by atoms with Crippen LogP contribution in [-0.4, -0.2) is 22.5 Å². The van der Waals surface area contributed by atoms with Crippen LogP contribution in [0.15, 0.2) is 77.2 Å². The van der Waals surface area contributed by atoms with Crippen LogP contribution in [0.1, 0.15) is 24.8 Å². The first kappa shape index (κ1) is 18.4. The molecular formula is C24H20FN3O2. The summed E-state index contributed by atoms with van der Waals surface area (Å²) in [6, 6.07) is 21.1. The zero-order valence-corrected chi connectivity index (χ0v) is 16.2. The largest absolute Gasteiger partial charge is 0.438 e. The summed E-state index contributed by atoms with van der Waals surface area (Å²) >= 11 is 0. The van der Waals surface area contributed by atoms with Crippen molar-refractivity contribution in [2.24, 2.45) is 0 Å². The Morgan fingerprint density at radius 3 is 2.70 bits per heavy atom. The number of oxazole rings is 1. The summed E-state index contributed by atoms with van der Waals surface area (Å²) in [6.45, 7) is 0.641. The molecular weight excluding hydrogens is 381 g/mol. The Morgan fingerprint density at radius 1 is 1.07 bits per heavy atom. The SMILES string of the molecule is O=C(Nc1ccccc1)N1CCC[C@@H]1c1nc2cc(-c3ccccc3F)ccc2o1. The summed E-state index contributed by atoms with van der Waals surface area (Å²) < 4.78 is 20.1. The highest BCUT2D eigenvalue weighted by Crippen LogP contribution is 2.35. The monoisotopic (exact) mass is 401 g/mol. The van der Waals surface area contributed by atoms with E-state index < -0.39 is 0 Å². The van der Waals surface area contributed by atoms with Crippen molar-refractivity contribution in [2.75, 3.05) is 11.9 Å². The van der Waals surface area contributed by atoms with E-state index in [0.717, 1.165) is 24.1 Å². The standard InChI is InChI=1S/C24H20FN3O2/c25-19-10-5-4-9-18(19)16-12-13-22-20(15-16)27-23(30-22)21-11-6-14-28(21)24(29)26-17-7-2-1-3-8-17/h1-5,7-10,12-13,15,21H,6,11,14H2,(H,26,29)/t21-/m1/s1. The normalized spacial score (nSPS) is 16.2. The minimum absolute atomic E-state index is 0.169. The Labute approximate surface area is 173 Å². The second kappa shape index (κ2) is 7.63.